The molecule has 2 N–H and O–H groups in total. The minimum Gasteiger partial charge on any atom is -0.496 e. The van der Waals surface area contributed by atoms with Crippen LogP contribution in [0.4, 0.5) is 4.79 Å². The predicted molar refractivity (Wildman–Crippen MR) is 108 cm³/mol. The van der Waals surface area contributed by atoms with Crippen molar-refractivity contribution in [3.05, 3.63) is 71.9 Å². The molecule has 4 rings (SSSR count). The highest BCUT2D eigenvalue weighted by Gasteiger charge is 2.19. The predicted octanol–water partition coefficient (Wildman–Crippen LogP) is 4.18. The fraction of sp³-hybridized carbons (Fsp3) is 0.227. The highest BCUT2D eigenvalue weighted by molar-refractivity contribution is 5.93. The van der Waals surface area contributed by atoms with Crippen LogP contribution in [0.5, 0.6) is 5.75 Å². The van der Waals surface area contributed by atoms with Crippen LogP contribution in [-0.2, 0) is 6.54 Å². The summed E-state index contributed by atoms with van der Waals surface area (Å²) in [4.78, 5) is 17.7. The van der Waals surface area contributed by atoms with Crippen molar-refractivity contribution in [3.63, 3.8) is 0 Å². The Bertz CT molecular complexity index is 990. The van der Waals surface area contributed by atoms with Gasteiger partial charge in [0.15, 0.2) is 0 Å². The Balaban J connectivity index is 1.40. The fourth-order valence-electron chi connectivity index (χ4n) is 3.57. The molecule has 1 aliphatic rings. The van der Waals surface area contributed by atoms with Gasteiger partial charge in [0.05, 0.1) is 7.11 Å². The van der Waals surface area contributed by atoms with E-state index in [2.05, 4.69) is 40.8 Å². The average molecular weight is 361 g/mol. The maximum absolute atomic E-state index is 12.5. The number of hydrogen-bond acceptors (Lipinski definition) is 2. The summed E-state index contributed by atoms with van der Waals surface area (Å²) >= 11 is 0. The van der Waals surface area contributed by atoms with Crippen LogP contribution in [0.25, 0.3) is 16.5 Å². The smallest absolute Gasteiger partial charge is 0.317 e. The fourth-order valence-corrected chi connectivity index (χ4v) is 3.57. The largest absolute Gasteiger partial charge is 0.496 e. The van der Waals surface area contributed by atoms with E-state index in [0.717, 1.165) is 23.3 Å². The molecule has 0 unspecified atom stereocenters. The van der Waals surface area contributed by atoms with Crippen LogP contribution in [-0.4, -0.2) is 36.1 Å². The third kappa shape index (κ3) is 3.53. The van der Waals surface area contributed by atoms with Crippen molar-refractivity contribution in [1.29, 1.82) is 0 Å². The number of aromatic nitrogens is 1. The molecule has 1 aliphatic heterocycles. The first-order valence-corrected chi connectivity index (χ1v) is 9.16. The quantitative estimate of drug-likeness (QED) is 0.733. The Morgan fingerprint density at radius 1 is 1.19 bits per heavy atom. The van der Waals surface area contributed by atoms with Gasteiger partial charge in [-0.15, -0.1) is 0 Å². The number of amides is 2. The average Bonchev–Trinajstić information content (AvgIpc) is 3.16. The third-order valence-corrected chi connectivity index (χ3v) is 5.05. The monoisotopic (exact) mass is 361 g/mol. The molecule has 0 saturated heterocycles. The maximum Gasteiger partial charge on any atom is 0.317 e. The first-order valence-electron chi connectivity index (χ1n) is 9.16. The molecule has 5 heteroatoms. The molecule has 0 saturated carbocycles. The number of benzene rings is 2. The summed E-state index contributed by atoms with van der Waals surface area (Å²) < 4.78 is 5.34. The van der Waals surface area contributed by atoms with Crippen LogP contribution in [0, 0.1) is 0 Å². The van der Waals surface area contributed by atoms with E-state index in [4.69, 9.17) is 4.74 Å². The number of rotatable bonds is 4. The number of nitrogens with one attached hydrogen (secondary N) is 2. The number of para-hydroxylation sites is 2. The van der Waals surface area contributed by atoms with Crippen molar-refractivity contribution >= 4 is 22.5 Å². The lowest BCUT2D eigenvalue weighted by molar-refractivity contribution is 0.202. The molecule has 0 fully saturated rings. The Morgan fingerprint density at radius 2 is 2.00 bits per heavy atom. The summed E-state index contributed by atoms with van der Waals surface area (Å²) in [7, 11) is 1.64. The zero-order valence-corrected chi connectivity index (χ0v) is 15.4. The SMILES string of the molecule is COc1ccccc1CNC(=O)N1CC=C(c2c[nH]c3ccccc23)CC1. The van der Waals surface area contributed by atoms with Crippen LogP contribution in [0.1, 0.15) is 17.5 Å². The van der Waals surface area contributed by atoms with Gasteiger partial charge in [0.25, 0.3) is 0 Å². The lowest BCUT2D eigenvalue weighted by atomic mass is 9.99. The van der Waals surface area contributed by atoms with Gasteiger partial charge in [-0.2, -0.15) is 0 Å². The lowest BCUT2D eigenvalue weighted by Crippen LogP contribution is -2.41. The second-order valence-corrected chi connectivity index (χ2v) is 6.64. The van der Waals surface area contributed by atoms with Crippen molar-refractivity contribution in [2.75, 3.05) is 20.2 Å². The van der Waals surface area contributed by atoms with Gasteiger partial charge in [-0.25, -0.2) is 4.79 Å². The van der Waals surface area contributed by atoms with Gasteiger partial charge in [0.1, 0.15) is 5.75 Å². The van der Waals surface area contributed by atoms with Crippen molar-refractivity contribution in [2.45, 2.75) is 13.0 Å². The highest BCUT2D eigenvalue weighted by atomic mass is 16.5. The summed E-state index contributed by atoms with van der Waals surface area (Å²) in [5.74, 6) is 0.790. The van der Waals surface area contributed by atoms with Gasteiger partial charge in [0.2, 0.25) is 0 Å². The molecule has 138 valence electrons. The van der Waals surface area contributed by atoms with E-state index in [1.165, 1.54) is 16.5 Å². The summed E-state index contributed by atoms with van der Waals surface area (Å²) in [6, 6.07) is 16.0. The number of aromatic amines is 1. The molecule has 27 heavy (non-hydrogen) atoms. The number of hydrogen-bond donors (Lipinski definition) is 2. The molecule has 0 radical (unpaired) electrons. The number of carbonyl (C=O) groups excluding carboxylic acids is 1. The van der Waals surface area contributed by atoms with E-state index in [1.54, 1.807) is 7.11 Å². The molecular formula is C22H23N3O2. The number of urea groups is 1. The van der Waals surface area contributed by atoms with Gasteiger partial charge in [-0.1, -0.05) is 42.5 Å². The van der Waals surface area contributed by atoms with Crippen molar-refractivity contribution < 1.29 is 9.53 Å². The zero-order valence-electron chi connectivity index (χ0n) is 15.4. The minimum absolute atomic E-state index is 0.0462. The van der Waals surface area contributed by atoms with E-state index in [-0.39, 0.29) is 6.03 Å². The Labute approximate surface area is 158 Å². The van der Waals surface area contributed by atoms with E-state index < -0.39 is 0 Å². The Kier molecular flexibility index (Phi) is 4.83. The van der Waals surface area contributed by atoms with E-state index >= 15 is 0 Å². The normalized spacial score (nSPS) is 14.1. The maximum atomic E-state index is 12.5. The van der Waals surface area contributed by atoms with E-state index in [1.807, 2.05) is 35.2 Å². The number of methoxy groups -OCH3 is 1. The zero-order chi connectivity index (χ0) is 18.6. The summed E-state index contributed by atoms with van der Waals surface area (Å²) in [6.07, 6.45) is 5.07. The van der Waals surface area contributed by atoms with Gasteiger partial charge in [-0.05, 0) is 24.1 Å². The number of carbonyl (C=O) groups is 1. The van der Waals surface area contributed by atoms with E-state index in [0.29, 0.717) is 19.6 Å². The molecule has 1 aromatic heterocycles. The summed E-state index contributed by atoms with van der Waals surface area (Å²) in [5.41, 5.74) is 4.65. The number of fused-ring (bicyclic) bond motifs is 1. The van der Waals surface area contributed by atoms with Gasteiger partial charge >= 0.3 is 6.03 Å². The minimum atomic E-state index is -0.0462. The van der Waals surface area contributed by atoms with Crippen molar-refractivity contribution in [1.82, 2.24) is 15.2 Å². The van der Waals surface area contributed by atoms with Gasteiger partial charge in [0, 0.05) is 47.9 Å². The molecule has 2 aromatic carbocycles. The van der Waals surface area contributed by atoms with Gasteiger partial charge in [-0.3, -0.25) is 0 Å². The molecule has 0 spiro atoms. The van der Waals surface area contributed by atoms with Crippen molar-refractivity contribution in [3.8, 4) is 5.75 Å². The van der Waals surface area contributed by atoms with Crippen LogP contribution < -0.4 is 10.1 Å². The van der Waals surface area contributed by atoms with Gasteiger partial charge < -0.3 is 19.9 Å². The first kappa shape index (κ1) is 17.2. The van der Waals surface area contributed by atoms with E-state index in [9.17, 15) is 4.79 Å². The van der Waals surface area contributed by atoms with Crippen LogP contribution >= 0.6 is 0 Å². The molecule has 0 bridgehead atoms. The third-order valence-electron chi connectivity index (χ3n) is 5.05. The number of ether oxygens (including phenoxy) is 1. The molecular weight excluding hydrogens is 338 g/mol. The molecule has 0 atom stereocenters. The van der Waals surface area contributed by atoms with Crippen molar-refractivity contribution in [2.24, 2.45) is 0 Å². The van der Waals surface area contributed by atoms with Crippen LogP contribution in [0.3, 0.4) is 0 Å². The Hall–Kier alpha value is -3.21. The standard InChI is InChI=1S/C22H23N3O2/c1-27-21-9-5-2-6-17(21)14-24-22(26)25-12-10-16(11-13-25)19-15-23-20-8-4-3-7-18(19)20/h2-10,15,23H,11-14H2,1H3,(H,24,26). The molecule has 5 nitrogen and oxygen atoms in total. The molecule has 3 aromatic rings. The molecule has 2 amide bonds. The lowest BCUT2D eigenvalue weighted by Gasteiger charge is -2.27. The second kappa shape index (κ2) is 7.58. The second-order valence-electron chi connectivity index (χ2n) is 6.64. The number of H-pyrrole nitrogens is 1. The highest BCUT2D eigenvalue weighted by Crippen LogP contribution is 2.29. The van der Waals surface area contributed by atoms with Crippen LogP contribution in [0.2, 0.25) is 0 Å². The Morgan fingerprint density at radius 3 is 2.81 bits per heavy atom. The van der Waals surface area contributed by atoms with Crippen LogP contribution in [0.15, 0.2) is 60.8 Å². The molecule has 2 heterocycles. The molecule has 0 aliphatic carbocycles. The summed E-state index contributed by atoms with van der Waals surface area (Å²) in [5, 5.41) is 4.23. The number of nitrogens with zero attached hydrogens (tertiary/aromatic N) is 1. The first-order chi connectivity index (χ1) is 13.3. The summed E-state index contributed by atoms with van der Waals surface area (Å²) in [6.45, 7) is 1.79. The topological polar surface area (TPSA) is 57.4 Å².